The molecule has 37 heavy (non-hydrogen) atoms. The highest BCUT2D eigenvalue weighted by Crippen LogP contribution is 2.62. The Balaban J connectivity index is 1.19. The van der Waals surface area contributed by atoms with E-state index in [0.29, 0.717) is 23.9 Å². The van der Waals surface area contributed by atoms with Gasteiger partial charge in [0, 0.05) is 18.7 Å². The second-order valence-electron chi connectivity index (χ2n) is 11.9. The maximum absolute atomic E-state index is 12.7. The molecule has 8 rings (SSSR count). The number of hydrogen-bond donors (Lipinski definition) is 1. The Hall–Kier alpha value is -2.57. The van der Waals surface area contributed by atoms with E-state index in [9.17, 15) is 9.90 Å². The lowest BCUT2D eigenvalue weighted by Crippen LogP contribution is -2.48. The highest BCUT2D eigenvalue weighted by molar-refractivity contribution is 8.18. The van der Waals surface area contributed by atoms with Crippen molar-refractivity contribution >= 4 is 28.9 Å². The summed E-state index contributed by atoms with van der Waals surface area (Å²) in [5.41, 5.74) is 5.69. The lowest BCUT2D eigenvalue weighted by molar-refractivity contribution is -0.113. The molecular formula is C31H34N2O3S. The Bertz CT molecular complexity index is 1290. The van der Waals surface area contributed by atoms with Gasteiger partial charge in [-0.3, -0.25) is 4.79 Å². The number of hydrogen-bond acceptors (Lipinski definition) is 5. The molecule has 0 unspecified atom stereocenters. The minimum atomic E-state index is -0.165. The van der Waals surface area contributed by atoms with E-state index in [2.05, 4.69) is 41.1 Å². The van der Waals surface area contributed by atoms with Gasteiger partial charge in [-0.15, -0.1) is 0 Å². The number of thioether (sulfide) groups is 1. The van der Waals surface area contributed by atoms with Gasteiger partial charge in [0.15, 0.2) is 5.17 Å². The fourth-order valence-electron chi connectivity index (χ4n) is 8.10. The van der Waals surface area contributed by atoms with Crippen molar-refractivity contribution in [3.8, 4) is 16.9 Å². The Morgan fingerprint density at radius 3 is 2.46 bits per heavy atom. The molecule has 2 heterocycles. The number of rotatable bonds is 3. The Kier molecular flexibility index (Phi) is 5.74. The van der Waals surface area contributed by atoms with Crippen molar-refractivity contribution in [3.05, 3.63) is 58.0 Å². The number of benzene rings is 2. The van der Waals surface area contributed by atoms with Crippen molar-refractivity contribution in [1.82, 2.24) is 4.90 Å². The summed E-state index contributed by atoms with van der Waals surface area (Å²) in [6.07, 6.45) is 9.82. The highest BCUT2D eigenvalue weighted by Gasteiger charge is 2.52. The van der Waals surface area contributed by atoms with E-state index in [1.165, 1.54) is 61.4 Å². The van der Waals surface area contributed by atoms with E-state index >= 15 is 0 Å². The number of amides is 1. The SMILES string of the molecule is Cc1cc(O)c(C23CC4CC(CC(C4)C2)C3)cc1-c1cccc(/C=C2\SC(N3CCOCC3)=NC2=O)c1. The number of amidine groups is 1. The predicted octanol–water partition coefficient (Wildman–Crippen LogP) is 6.14. The van der Waals surface area contributed by atoms with Gasteiger partial charge in [0.2, 0.25) is 0 Å². The van der Waals surface area contributed by atoms with Gasteiger partial charge < -0.3 is 14.7 Å². The quantitative estimate of drug-likeness (QED) is 0.499. The molecule has 192 valence electrons. The first-order valence-electron chi connectivity index (χ1n) is 13.8. The van der Waals surface area contributed by atoms with Crippen LogP contribution in [-0.2, 0) is 14.9 Å². The third-order valence-electron chi connectivity index (χ3n) is 9.34. The molecule has 4 bridgehead atoms. The van der Waals surface area contributed by atoms with E-state index in [-0.39, 0.29) is 11.3 Å². The molecule has 0 spiro atoms. The lowest BCUT2D eigenvalue weighted by atomic mass is 9.48. The van der Waals surface area contributed by atoms with Crippen LogP contribution in [0.5, 0.6) is 5.75 Å². The predicted molar refractivity (Wildman–Crippen MR) is 149 cm³/mol. The summed E-state index contributed by atoms with van der Waals surface area (Å²) in [6.45, 7) is 4.97. The molecule has 5 nitrogen and oxygen atoms in total. The Morgan fingerprint density at radius 1 is 1.05 bits per heavy atom. The minimum absolute atomic E-state index is 0.140. The zero-order valence-electron chi connectivity index (χ0n) is 21.4. The summed E-state index contributed by atoms with van der Waals surface area (Å²) >= 11 is 1.46. The molecule has 1 N–H and O–H groups in total. The van der Waals surface area contributed by atoms with Crippen LogP contribution in [0.25, 0.3) is 17.2 Å². The second kappa shape index (κ2) is 9.02. The van der Waals surface area contributed by atoms with Crippen molar-refractivity contribution in [2.24, 2.45) is 22.7 Å². The van der Waals surface area contributed by atoms with E-state index in [1.807, 2.05) is 18.2 Å². The third kappa shape index (κ3) is 4.22. The summed E-state index contributed by atoms with van der Waals surface area (Å²) in [5.74, 6) is 2.80. The van der Waals surface area contributed by atoms with Crippen LogP contribution in [0.4, 0.5) is 0 Å². The molecular weight excluding hydrogens is 480 g/mol. The molecule has 2 aromatic carbocycles. The van der Waals surface area contributed by atoms with Crippen molar-refractivity contribution in [1.29, 1.82) is 0 Å². The monoisotopic (exact) mass is 514 g/mol. The van der Waals surface area contributed by atoms with Crippen LogP contribution in [0, 0.1) is 24.7 Å². The van der Waals surface area contributed by atoms with Crippen LogP contribution in [0.15, 0.2) is 46.3 Å². The lowest BCUT2D eigenvalue weighted by Gasteiger charge is -2.57. The van der Waals surface area contributed by atoms with Gasteiger partial charge in [0.25, 0.3) is 5.91 Å². The maximum Gasteiger partial charge on any atom is 0.286 e. The Morgan fingerprint density at radius 2 is 1.76 bits per heavy atom. The molecule has 6 aliphatic rings. The zero-order chi connectivity index (χ0) is 25.1. The molecule has 4 saturated carbocycles. The van der Waals surface area contributed by atoms with Crippen LogP contribution in [0.1, 0.15) is 55.2 Å². The van der Waals surface area contributed by atoms with Crippen molar-refractivity contribution < 1.29 is 14.6 Å². The van der Waals surface area contributed by atoms with Gasteiger partial charge in [-0.1, -0.05) is 18.2 Å². The molecule has 2 aromatic rings. The maximum atomic E-state index is 12.7. The van der Waals surface area contributed by atoms with E-state index in [4.69, 9.17) is 4.74 Å². The number of phenols is 1. The number of aromatic hydroxyl groups is 1. The van der Waals surface area contributed by atoms with Gasteiger partial charge in [0.1, 0.15) is 5.75 Å². The topological polar surface area (TPSA) is 62.1 Å². The number of carbonyl (C=O) groups excluding carboxylic acids is 1. The molecule has 6 heteroatoms. The van der Waals surface area contributed by atoms with E-state index < -0.39 is 0 Å². The first-order chi connectivity index (χ1) is 18.0. The average Bonchev–Trinajstić information content (AvgIpc) is 3.24. The smallest absolute Gasteiger partial charge is 0.286 e. The van der Waals surface area contributed by atoms with Crippen LogP contribution in [0.2, 0.25) is 0 Å². The standard InChI is InChI=1S/C31H34N2O3S/c1-19-9-27(34)26(31-16-21-10-22(17-31)12-23(11-21)18-31)15-25(19)24-4-2-3-20(13-24)14-28-29(35)32-30(37-28)33-5-7-36-8-6-33/h2-4,9,13-15,21-23,34H,5-8,10-12,16-18H2,1H3/b28-14-. The number of nitrogens with zero attached hydrogens (tertiary/aromatic N) is 2. The average molecular weight is 515 g/mol. The van der Waals surface area contributed by atoms with Crippen LogP contribution >= 0.6 is 11.8 Å². The summed E-state index contributed by atoms with van der Waals surface area (Å²) < 4.78 is 5.44. The Labute approximate surface area is 223 Å². The zero-order valence-corrected chi connectivity index (χ0v) is 22.2. The first-order valence-corrected chi connectivity index (χ1v) is 14.6. The number of carbonyl (C=O) groups is 1. The van der Waals surface area contributed by atoms with E-state index in [1.54, 1.807) is 0 Å². The van der Waals surface area contributed by atoms with Gasteiger partial charge in [-0.25, -0.2) is 0 Å². The molecule has 0 radical (unpaired) electrons. The van der Waals surface area contributed by atoms with Crippen molar-refractivity contribution in [3.63, 3.8) is 0 Å². The highest BCUT2D eigenvalue weighted by atomic mass is 32.2. The molecule has 5 fully saturated rings. The third-order valence-corrected chi connectivity index (χ3v) is 10.4. The fraction of sp³-hybridized carbons (Fsp3) is 0.484. The summed E-state index contributed by atoms with van der Waals surface area (Å²) in [5, 5.41) is 11.9. The molecule has 1 saturated heterocycles. The van der Waals surface area contributed by atoms with Gasteiger partial charge in [0.05, 0.1) is 18.1 Å². The number of aryl methyl sites for hydroxylation is 1. The molecule has 4 aliphatic carbocycles. The van der Waals surface area contributed by atoms with Gasteiger partial charge in [-0.2, -0.15) is 4.99 Å². The van der Waals surface area contributed by atoms with Crippen LogP contribution < -0.4 is 0 Å². The van der Waals surface area contributed by atoms with Crippen LogP contribution in [0.3, 0.4) is 0 Å². The summed E-state index contributed by atoms with van der Waals surface area (Å²) in [7, 11) is 0. The normalized spacial score (nSPS) is 31.9. The van der Waals surface area contributed by atoms with E-state index in [0.717, 1.165) is 52.7 Å². The molecule has 2 aliphatic heterocycles. The van der Waals surface area contributed by atoms with Crippen LogP contribution in [-0.4, -0.2) is 47.4 Å². The fourth-order valence-corrected chi connectivity index (χ4v) is 9.07. The number of morpholine rings is 1. The second-order valence-corrected chi connectivity index (χ2v) is 12.9. The number of phenolic OH excluding ortho intramolecular Hbond substituents is 1. The van der Waals surface area contributed by atoms with Gasteiger partial charge in [-0.05, 0) is 127 Å². The van der Waals surface area contributed by atoms with Crippen molar-refractivity contribution in [2.45, 2.75) is 50.9 Å². The molecule has 1 amide bonds. The summed E-state index contributed by atoms with van der Waals surface area (Å²) in [4.78, 5) is 19.8. The minimum Gasteiger partial charge on any atom is -0.508 e. The van der Waals surface area contributed by atoms with Gasteiger partial charge >= 0.3 is 0 Å². The number of aliphatic imine (C=N–C) groups is 1. The van der Waals surface area contributed by atoms with Crippen molar-refractivity contribution in [2.75, 3.05) is 26.3 Å². The molecule has 0 atom stereocenters. The largest absolute Gasteiger partial charge is 0.508 e. The number of ether oxygens (including phenoxy) is 1. The molecule has 0 aromatic heterocycles. The summed E-state index contributed by atoms with van der Waals surface area (Å²) in [6, 6.07) is 12.7. The first kappa shape index (κ1) is 23.5.